The fourth-order valence-corrected chi connectivity index (χ4v) is 2.06. The van der Waals surface area contributed by atoms with Gasteiger partial charge < -0.3 is 20.6 Å². The van der Waals surface area contributed by atoms with Crippen LogP contribution in [0.1, 0.15) is 5.56 Å². The molecule has 0 aliphatic carbocycles. The molecule has 1 aliphatic heterocycles. The molecule has 1 aromatic rings. The maximum Gasteiger partial charge on any atom is 0.325 e. The van der Waals surface area contributed by atoms with Gasteiger partial charge in [0.05, 0.1) is 0 Å². The van der Waals surface area contributed by atoms with Crippen molar-refractivity contribution in [1.29, 1.82) is 5.26 Å². The number of hydrogen-bond donors (Lipinski definition) is 2. The maximum absolute atomic E-state index is 10.7. The predicted molar refractivity (Wildman–Crippen MR) is 68.7 cm³/mol. The molecular formula is C11H16N6O2. The van der Waals surface area contributed by atoms with E-state index in [-0.39, 0.29) is 17.9 Å². The summed E-state index contributed by atoms with van der Waals surface area (Å²) >= 11 is 0. The Bertz CT molecular complexity index is 524. The van der Waals surface area contributed by atoms with E-state index in [9.17, 15) is 4.79 Å². The molecule has 0 bridgehead atoms. The number of nitrogen functional groups attached to an aromatic ring is 1. The zero-order valence-corrected chi connectivity index (χ0v) is 10.7. The van der Waals surface area contributed by atoms with Crippen molar-refractivity contribution in [1.82, 2.24) is 14.7 Å². The van der Waals surface area contributed by atoms with E-state index in [2.05, 4.69) is 10.00 Å². The molecule has 0 atom stereocenters. The second-order valence-corrected chi connectivity index (χ2v) is 4.54. The van der Waals surface area contributed by atoms with Crippen molar-refractivity contribution < 1.29 is 9.90 Å². The zero-order valence-electron chi connectivity index (χ0n) is 10.7. The largest absolute Gasteiger partial charge is 0.480 e. The van der Waals surface area contributed by atoms with Crippen molar-refractivity contribution in [2.75, 3.05) is 43.9 Å². The molecule has 1 fully saturated rings. The number of nitrogens with zero attached hydrogens (tertiary/aromatic N) is 5. The number of carbonyl (C=O) groups is 1. The van der Waals surface area contributed by atoms with Crippen LogP contribution in [0.15, 0.2) is 0 Å². The Kier molecular flexibility index (Phi) is 3.57. The van der Waals surface area contributed by atoms with E-state index in [1.807, 2.05) is 18.0 Å². The summed E-state index contributed by atoms with van der Waals surface area (Å²) in [4.78, 5) is 14.9. The van der Waals surface area contributed by atoms with E-state index in [0.717, 1.165) is 30.9 Å². The van der Waals surface area contributed by atoms with E-state index >= 15 is 0 Å². The quantitative estimate of drug-likeness (QED) is 0.733. The van der Waals surface area contributed by atoms with Gasteiger partial charge in [-0.2, -0.15) is 10.4 Å². The monoisotopic (exact) mass is 264 g/mol. The molecular weight excluding hydrogens is 248 g/mol. The average Bonchev–Trinajstić information content (AvgIpc) is 2.66. The second-order valence-electron chi connectivity index (χ2n) is 4.54. The highest BCUT2D eigenvalue weighted by Crippen LogP contribution is 2.25. The van der Waals surface area contributed by atoms with Gasteiger partial charge in [0.2, 0.25) is 0 Å². The normalized spacial score (nSPS) is 16.3. The number of piperazine rings is 1. The Morgan fingerprint density at radius 1 is 1.47 bits per heavy atom. The van der Waals surface area contributed by atoms with Gasteiger partial charge in [0.25, 0.3) is 0 Å². The summed E-state index contributed by atoms with van der Waals surface area (Å²) in [7, 11) is 2.03. The highest BCUT2D eigenvalue weighted by molar-refractivity contribution is 5.70. The third-order valence-electron chi connectivity index (χ3n) is 3.17. The first-order chi connectivity index (χ1) is 9.02. The van der Waals surface area contributed by atoms with Gasteiger partial charge in [-0.05, 0) is 7.05 Å². The summed E-state index contributed by atoms with van der Waals surface area (Å²) in [5.41, 5.74) is 6.03. The van der Waals surface area contributed by atoms with Crippen molar-refractivity contribution in [3.05, 3.63) is 5.56 Å². The van der Waals surface area contributed by atoms with Gasteiger partial charge in [0, 0.05) is 26.2 Å². The van der Waals surface area contributed by atoms with Gasteiger partial charge in [-0.15, -0.1) is 0 Å². The lowest BCUT2D eigenvalue weighted by Gasteiger charge is -2.32. The number of aliphatic carboxylic acids is 1. The van der Waals surface area contributed by atoms with Crippen LogP contribution in [-0.4, -0.2) is 59.0 Å². The van der Waals surface area contributed by atoms with Crippen molar-refractivity contribution in [3.8, 4) is 6.07 Å². The molecule has 0 unspecified atom stereocenters. The summed E-state index contributed by atoms with van der Waals surface area (Å²) in [5, 5.41) is 22.1. The topological polar surface area (TPSA) is 111 Å². The van der Waals surface area contributed by atoms with Crippen LogP contribution in [0.2, 0.25) is 0 Å². The third kappa shape index (κ3) is 2.61. The minimum atomic E-state index is -1.04. The number of hydrogen-bond acceptors (Lipinski definition) is 6. The fourth-order valence-electron chi connectivity index (χ4n) is 2.06. The molecule has 0 spiro atoms. The molecule has 8 heteroatoms. The zero-order chi connectivity index (χ0) is 14.0. The molecule has 1 saturated heterocycles. The highest BCUT2D eigenvalue weighted by atomic mass is 16.4. The molecule has 2 rings (SSSR count). The smallest absolute Gasteiger partial charge is 0.325 e. The van der Waals surface area contributed by atoms with Crippen LogP contribution < -0.4 is 10.6 Å². The highest BCUT2D eigenvalue weighted by Gasteiger charge is 2.24. The second kappa shape index (κ2) is 5.16. The number of anilines is 2. The molecule has 8 nitrogen and oxygen atoms in total. The molecule has 0 aromatic carbocycles. The van der Waals surface area contributed by atoms with Gasteiger partial charge in [0.15, 0.2) is 5.82 Å². The Hall–Kier alpha value is -2.27. The number of likely N-dealkylation sites (N-methyl/N-ethyl adjacent to an activating group) is 1. The average molecular weight is 264 g/mol. The lowest BCUT2D eigenvalue weighted by molar-refractivity contribution is -0.137. The maximum atomic E-state index is 10.7. The molecule has 19 heavy (non-hydrogen) atoms. The Morgan fingerprint density at radius 2 is 2.11 bits per heavy atom. The van der Waals surface area contributed by atoms with Gasteiger partial charge in [0.1, 0.15) is 24.0 Å². The lowest BCUT2D eigenvalue weighted by Crippen LogP contribution is -2.45. The van der Waals surface area contributed by atoms with Crippen LogP contribution in [-0.2, 0) is 11.3 Å². The van der Waals surface area contributed by atoms with Crippen LogP contribution in [0, 0.1) is 11.3 Å². The van der Waals surface area contributed by atoms with Gasteiger partial charge >= 0.3 is 5.97 Å². The SMILES string of the molecule is CN1CCN(c2nn(CC(=O)O)c(N)c2C#N)CC1. The summed E-state index contributed by atoms with van der Waals surface area (Å²) < 4.78 is 1.16. The number of carboxylic acid groups (broad SMARTS) is 1. The predicted octanol–water partition coefficient (Wildman–Crippen LogP) is -0.827. The number of rotatable bonds is 3. The van der Waals surface area contributed by atoms with Crippen LogP contribution >= 0.6 is 0 Å². The molecule has 102 valence electrons. The molecule has 3 N–H and O–H groups in total. The summed E-state index contributed by atoms with van der Waals surface area (Å²) in [5.74, 6) is -0.447. The van der Waals surface area contributed by atoms with Crippen LogP contribution in [0.25, 0.3) is 0 Å². The number of nitriles is 1. The van der Waals surface area contributed by atoms with E-state index in [0.29, 0.717) is 5.82 Å². The minimum Gasteiger partial charge on any atom is -0.480 e. The molecule has 0 amide bonds. The van der Waals surface area contributed by atoms with Gasteiger partial charge in [-0.25, -0.2) is 4.68 Å². The summed E-state index contributed by atoms with van der Waals surface area (Å²) in [6.07, 6.45) is 0. The van der Waals surface area contributed by atoms with E-state index in [1.54, 1.807) is 0 Å². The van der Waals surface area contributed by atoms with Crippen molar-refractivity contribution in [3.63, 3.8) is 0 Å². The van der Waals surface area contributed by atoms with E-state index in [1.165, 1.54) is 0 Å². The van der Waals surface area contributed by atoms with Crippen molar-refractivity contribution in [2.24, 2.45) is 0 Å². The van der Waals surface area contributed by atoms with E-state index < -0.39 is 5.97 Å². The first kappa shape index (κ1) is 13.2. The third-order valence-corrected chi connectivity index (χ3v) is 3.17. The molecule has 0 radical (unpaired) electrons. The summed E-state index contributed by atoms with van der Waals surface area (Å²) in [6.45, 7) is 2.89. The van der Waals surface area contributed by atoms with Crippen molar-refractivity contribution >= 4 is 17.6 Å². The Balaban J connectivity index is 2.30. The number of carboxylic acids is 1. The number of aromatic nitrogens is 2. The fraction of sp³-hybridized carbons (Fsp3) is 0.545. The molecule has 2 heterocycles. The number of nitrogens with two attached hydrogens (primary N) is 1. The van der Waals surface area contributed by atoms with Crippen LogP contribution in [0.3, 0.4) is 0 Å². The van der Waals surface area contributed by atoms with Gasteiger partial charge in [-0.3, -0.25) is 4.79 Å². The lowest BCUT2D eigenvalue weighted by atomic mass is 10.2. The van der Waals surface area contributed by atoms with Gasteiger partial charge in [-0.1, -0.05) is 0 Å². The van der Waals surface area contributed by atoms with Crippen LogP contribution in [0.4, 0.5) is 11.6 Å². The first-order valence-corrected chi connectivity index (χ1v) is 5.94. The minimum absolute atomic E-state index is 0.110. The van der Waals surface area contributed by atoms with Crippen molar-refractivity contribution in [2.45, 2.75) is 6.54 Å². The Morgan fingerprint density at radius 3 is 2.63 bits per heavy atom. The summed E-state index contributed by atoms with van der Waals surface area (Å²) in [6, 6.07) is 2.01. The molecule has 0 saturated carbocycles. The molecule has 1 aliphatic rings. The standard InChI is InChI=1S/C11H16N6O2/c1-15-2-4-16(5-3-15)11-8(6-12)10(13)17(14-11)7-9(18)19/h2-5,7,13H2,1H3,(H,18,19). The van der Waals surface area contributed by atoms with E-state index in [4.69, 9.17) is 16.1 Å². The Labute approximate surface area is 110 Å². The van der Waals surface area contributed by atoms with Crippen LogP contribution in [0.5, 0.6) is 0 Å². The molecule has 1 aromatic heterocycles. The first-order valence-electron chi connectivity index (χ1n) is 5.94.